The molecule has 0 bridgehead atoms. The molecule has 1 N–H and O–H groups in total. The zero-order chi connectivity index (χ0) is 23.5. The summed E-state index contributed by atoms with van der Waals surface area (Å²) in [7, 11) is 0. The monoisotopic (exact) mass is 464 g/mol. The summed E-state index contributed by atoms with van der Waals surface area (Å²) in [6.45, 7) is 10.2. The number of imidazole rings is 1. The molecule has 0 spiro atoms. The Bertz CT molecular complexity index is 1160. The molecular weight excluding hydrogens is 432 g/mol. The fourth-order valence-electron chi connectivity index (χ4n) is 4.61. The van der Waals surface area contributed by atoms with Gasteiger partial charge >= 0.3 is 0 Å². The van der Waals surface area contributed by atoms with Gasteiger partial charge in [0.1, 0.15) is 6.54 Å². The summed E-state index contributed by atoms with van der Waals surface area (Å²) in [4.78, 5) is 32.6. The first-order valence-electron chi connectivity index (χ1n) is 11.5. The summed E-state index contributed by atoms with van der Waals surface area (Å²) in [5, 5.41) is 3.70. The molecule has 7 heteroatoms. The van der Waals surface area contributed by atoms with Gasteiger partial charge < -0.3 is 14.8 Å². The van der Waals surface area contributed by atoms with Crippen molar-refractivity contribution in [3.05, 3.63) is 53.6 Å². The summed E-state index contributed by atoms with van der Waals surface area (Å²) in [5.41, 5.74) is 4.72. The van der Waals surface area contributed by atoms with Crippen molar-refractivity contribution in [3.8, 4) is 0 Å². The van der Waals surface area contributed by atoms with Gasteiger partial charge in [0.25, 0.3) is 0 Å². The van der Waals surface area contributed by atoms with Crippen LogP contribution in [0.15, 0.2) is 47.6 Å². The van der Waals surface area contributed by atoms with E-state index in [-0.39, 0.29) is 24.1 Å². The molecule has 2 aromatic carbocycles. The third-order valence-electron chi connectivity index (χ3n) is 6.13. The van der Waals surface area contributed by atoms with Gasteiger partial charge in [-0.3, -0.25) is 9.59 Å². The van der Waals surface area contributed by atoms with E-state index < -0.39 is 0 Å². The van der Waals surface area contributed by atoms with Crippen LogP contribution in [0.25, 0.3) is 11.0 Å². The Hall–Kier alpha value is -2.80. The van der Waals surface area contributed by atoms with Gasteiger partial charge in [-0.25, -0.2) is 4.98 Å². The number of aryl methyl sites for hydroxylation is 2. The molecule has 1 aliphatic heterocycles. The molecule has 2 amide bonds. The van der Waals surface area contributed by atoms with Crippen molar-refractivity contribution >= 4 is 40.3 Å². The van der Waals surface area contributed by atoms with Crippen LogP contribution in [0.3, 0.4) is 0 Å². The van der Waals surface area contributed by atoms with Crippen molar-refractivity contribution in [1.82, 2.24) is 14.5 Å². The number of anilines is 1. The molecule has 3 aromatic rings. The number of hydrogen-bond acceptors (Lipinski definition) is 4. The number of aromatic nitrogens is 2. The number of benzene rings is 2. The van der Waals surface area contributed by atoms with E-state index in [1.54, 1.807) is 0 Å². The van der Waals surface area contributed by atoms with Gasteiger partial charge in [0, 0.05) is 18.8 Å². The molecule has 1 aliphatic rings. The number of piperidine rings is 1. The van der Waals surface area contributed by atoms with Crippen LogP contribution in [0.4, 0.5) is 5.69 Å². The summed E-state index contributed by atoms with van der Waals surface area (Å²) >= 11 is 1.37. The standard InChI is InChI=1S/C26H32N4O2S/c1-17-9-10-20(4)22(12-17)27-24(31)16-33-26-28-21-7-5-6-8-23(21)30(26)15-25(32)29-13-18(2)11-19(3)14-29/h5-10,12,18-19H,11,13-16H2,1-4H3,(H,27,31)/t18-,19-/m1/s1. The first-order valence-corrected chi connectivity index (χ1v) is 12.5. The number of thioether (sulfide) groups is 1. The summed E-state index contributed by atoms with van der Waals surface area (Å²) < 4.78 is 1.96. The quantitative estimate of drug-likeness (QED) is 0.528. The molecule has 33 heavy (non-hydrogen) atoms. The van der Waals surface area contributed by atoms with Crippen LogP contribution < -0.4 is 5.32 Å². The lowest BCUT2D eigenvalue weighted by atomic mass is 9.92. The molecule has 0 unspecified atom stereocenters. The van der Waals surface area contributed by atoms with E-state index in [9.17, 15) is 9.59 Å². The second-order valence-electron chi connectivity index (χ2n) is 9.37. The Morgan fingerprint density at radius 2 is 1.82 bits per heavy atom. The first-order chi connectivity index (χ1) is 15.8. The van der Waals surface area contributed by atoms with Gasteiger partial charge in [-0.05, 0) is 61.4 Å². The third-order valence-corrected chi connectivity index (χ3v) is 7.11. The molecule has 2 heterocycles. The lowest BCUT2D eigenvalue weighted by Gasteiger charge is -2.35. The number of carbonyl (C=O) groups excluding carboxylic acids is 2. The van der Waals surface area contributed by atoms with Crippen LogP contribution in [-0.4, -0.2) is 45.1 Å². The Morgan fingerprint density at radius 1 is 1.09 bits per heavy atom. The Balaban J connectivity index is 1.49. The summed E-state index contributed by atoms with van der Waals surface area (Å²) in [6, 6.07) is 13.8. The number of hydrogen-bond donors (Lipinski definition) is 1. The van der Waals surface area contributed by atoms with E-state index in [4.69, 9.17) is 4.98 Å². The van der Waals surface area contributed by atoms with Crippen molar-refractivity contribution in [1.29, 1.82) is 0 Å². The van der Waals surface area contributed by atoms with Gasteiger partial charge in [-0.1, -0.05) is 49.9 Å². The second kappa shape index (κ2) is 10.00. The highest BCUT2D eigenvalue weighted by Gasteiger charge is 2.26. The topological polar surface area (TPSA) is 67.2 Å². The fraction of sp³-hybridized carbons (Fsp3) is 0.423. The molecule has 1 fully saturated rings. The average Bonchev–Trinajstić information content (AvgIpc) is 3.11. The van der Waals surface area contributed by atoms with Crippen LogP contribution in [0.5, 0.6) is 0 Å². The van der Waals surface area contributed by atoms with E-state index in [0.29, 0.717) is 17.0 Å². The van der Waals surface area contributed by atoms with E-state index >= 15 is 0 Å². The maximum absolute atomic E-state index is 13.2. The van der Waals surface area contributed by atoms with Gasteiger partial charge in [0.05, 0.1) is 16.8 Å². The molecule has 1 aromatic heterocycles. The summed E-state index contributed by atoms with van der Waals surface area (Å²) in [6.07, 6.45) is 1.16. The number of rotatable bonds is 6. The maximum atomic E-state index is 13.2. The predicted octanol–water partition coefficient (Wildman–Crippen LogP) is 4.89. The van der Waals surface area contributed by atoms with Crippen LogP contribution in [0.2, 0.25) is 0 Å². The molecule has 0 radical (unpaired) electrons. The highest BCUT2D eigenvalue weighted by molar-refractivity contribution is 7.99. The van der Waals surface area contributed by atoms with Crippen LogP contribution in [-0.2, 0) is 16.1 Å². The highest BCUT2D eigenvalue weighted by atomic mass is 32.2. The molecule has 1 saturated heterocycles. The number of carbonyl (C=O) groups is 2. The van der Waals surface area contributed by atoms with E-state index in [1.165, 1.54) is 11.8 Å². The van der Waals surface area contributed by atoms with Crippen LogP contribution in [0.1, 0.15) is 31.4 Å². The zero-order valence-electron chi connectivity index (χ0n) is 19.8. The molecule has 174 valence electrons. The normalized spacial score (nSPS) is 18.5. The molecule has 4 rings (SSSR count). The molecule has 2 atom stereocenters. The SMILES string of the molecule is Cc1ccc(C)c(NC(=O)CSc2nc3ccccc3n2CC(=O)N2C[C@H](C)C[C@@H](C)C2)c1. The lowest BCUT2D eigenvalue weighted by Crippen LogP contribution is -2.44. The number of amides is 2. The minimum Gasteiger partial charge on any atom is -0.341 e. The van der Waals surface area contributed by atoms with Gasteiger partial charge in [0.2, 0.25) is 11.8 Å². The van der Waals surface area contributed by atoms with E-state index in [0.717, 1.165) is 47.4 Å². The number of likely N-dealkylation sites (tertiary alicyclic amines) is 1. The van der Waals surface area contributed by atoms with Crippen LogP contribution >= 0.6 is 11.8 Å². The molecular formula is C26H32N4O2S. The van der Waals surface area contributed by atoms with Crippen molar-refractivity contribution in [3.63, 3.8) is 0 Å². The fourth-order valence-corrected chi connectivity index (χ4v) is 5.42. The first kappa shape index (κ1) is 23.4. The van der Waals surface area contributed by atoms with Crippen molar-refractivity contribution in [2.45, 2.75) is 45.8 Å². The van der Waals surface area contributed by atoms with E-state index in [1.807, 2.05) is 65.8 Å². The Labute approximate surface area is 199 Å². The molecule has 0 aliphatic carbocycles. The van der Waals surface area contributed by atoms with Gasteiger partial charge in [0.15, 0.2) is 5.16 Å². The summed E-state index contributed by atoms with van der Waals surface area (Å²) in [5.74, 6) is 1.28. The van der Waals surface area contributed by atoms with Crippen LogP contribution in [0, 0.1) is 25.7 Å². The maximum Gasteiger partial charge on any atom is 0.242 e. The molecule has 0 saturated carbocycles. The molecule has 6 nitrogen and oxygen atoms in total. The zero-order valence-corrected chi connectivity index (χ0v) is 20.6. The van der Waals surface area contributed by atoms with Gasteiger partial charge in [-0.2, -0.15) is 0 Å². The number of fused-ring (bicyclic) bond motifs is 1. The minimum atomic E-state index is -0.0858. The smallest absolute Gasteiger partial charge is 0.242 e. The number of nitrogens with one attached hydrogen (secondary N) is 1. The minimum absolute atomic E-state index is 0.0858. The lowest BCUT2D eigenvalue weighted by molar-refractivity contribution is -0.134. The van der Waals surface area contributed by atoms with Crippen molar-refractivity contribution in [2.24, 2.45) is 11.8 Å². The highest BCUT2D eigenvalue weighted by Crippen LogP contribution is 2.26. The van der Waals surface area contributed by atoms with E-state index in [2.05, 4.69) is 19.2 Å². The predicted molar refractivity (Wildman–Crippen MR) is 135 cm³/mol. The Kier molecular flexibility index (Phi) is 7.08. The largest absolute Gasteiger partial charge is 0.341 e. The Morgan fingerprint density at radius 3 is 2.58 bits per heavy atom. The second-order valence-corrected chi connectivity index (χ2v) is 10.3. The van der Waals surface area contributed by atoms with Crippen molar-refractivity contribution < 1.29 is 9.59 Å². The third kappa shape index (κ3) is 5.58. The van der Waals surface area contributed by atoms with Gasteiger partial charge in [-0.15, -0.1) is 0 Å². The van der Waals surface area contributed by atoms with Crippen molar-refractivity contribution in [2.75, 3.05) is 24.2 Å². The number of para-hydroxylation sites is 2. The average molecular weight is 465 g/mol. The number of nitrogens with zero attached hydrogens (tertiary/aromatic N) is 3.